The lowest BCUT2D eigenvalue weighted by Crippen LogP contribution is -2.43. The minimum atomic E-state index is -0.0592. The maximum absolute atomic E-state index is 13.8. The van der Waals surface area contributed by atoms with E-state index in [1.807, 2.05) is 13.8 Å². The van der Waals surface area contributed by atoms with Crippen LogP contribution in [0.1, 0.15) is 16.7 Å². The van der Waals surface area contributed by atoms with Crippen LogP contribution >= 0.6 is 0 Å². The molecule has 0 atom stereocenters. The summed E-state index contributed by atoms with van der Waals surface area (Å²) in [6.45, 7) is 8.69. The van der Waals surface area contributed by atoms with Crippen molar-refractivity contribution in [2.75, 3.05) is 26.2 Å². The molecule has 0 unspecified atom stereocenters. The van der Waals surface area contributed by atoms with E-state index in [-0.39, 0.29) is 5.82 Å². The predicted octanol–water partition coefficient (Wildman–Crippen LogP) is 1.85. The Labute approximate surface area is 96.5 Å². The van der Waals surface area contributed by atoms with Crippen LogP contribution in [0.25, 0.3) is 0 Å². The zero-order chi connectivity index (χ0) is 11.5. The summed E-state index contributed by atoms with van der Waals surface area (Å²) in [5, 5.41) is 3.30. The molecule has 2 rings (SSSR count). The molecule has 0 radical (unpaired) electrons. The van der Waals surface area contributed by atoms with Gasteiger partial charge in [0.15, 0.2) is 0 Å². The van der Waals surface area contributed by atoms with Gasteiger partial charge in [0.25, 0.3) is 0 Å². The van der Waals surface area contributed by atoms with E-state index in [1.165, 1.54) is 0 Å². The van der Waals surface area contributed by atoms with E-state index in [4.69, 9.17) is 0 Å². The smallest absolute Gasteiger partial charge is 0.128 e. The molecule has 2 nitrogen and oxygen atoms in total. The predicted molar refractivity (Wildman–Crippen MR) is 64.0 cm³/mol. The molecular weight excluding hydrogens is 203 g/mol. The Bertz CT molecular complexity index is 347. The number of benzene rings is 1. The molecular formula is C13H19FN2. The van der Waals surface area contributed by atoms with E-state index < -0.39 is 0 Å². The molecule has 3 heteroatoms. The molecule has 0 amide bonds. The van der Waals surface area contributed by atoms with E-state index in [1.54, 1.807) is 6.07 Å². The molecule has 0 aliphatic carbocycles. The van der Waals surface area contributed by atoms with Gasteiger partial charge < -0.3 is 5.32 Å². The number of piperazine rings is 1. The number of nitrogens with zero attached hydrogens (tertiary/aromatic N) is 1. The van der Waals surface area contributed by atoms with Gasteiger partial charge >= 0.3 is 0 Å². The highest BCUT2D eigenvalue weighted by molar-refractivity contribution is 5.31. The van der Waals surface area contributed by atoms with E-state index in [0.717, 1.165) is 49.4 Å². The van der Waals surface area contributed by atoms with Crippen LogP contribution in [0.5, 0.6) is 0 Å². The van der Waals surface area contributed by atoms with Gasteiger partial charge in [-0.3, -0.25) is 4.90 Å². The second-order valence-electron chi connectivity index (χ2n) is 4.57. The van der Waals surface area contributed by atoms with Crippen molar-refractivity contribution in [3.05, 3.63) is 34.6 Å². The van der Waals surface area contributed by atoms with Crippen molar-refractivity contribution in [1.29, 1.82) is 0 Å². The van der Waals surface area contributed by atoms with Crippen molar-refractivity contribution in [2.45, 2.75) is 20.4 Å². The fraction of sp³-hybridized carbons (Fsp3) is 0.538. The minimum absolute atomic E-state index is 0.0592. The van der Waals surface area contributed by atoms with Gasteiger partial charge in [-0.05, 0) is 31.0 Å². The Morgan fingerprint density at radius 2 is 1.94 bits per heavy atom. The molecule has 1 fully saturated rings. The standard InChI is InChI=1S/C13H19FN2/c1-10-7-11(2)12(13(14)8-10)9-16-5-3-15-4-6-16/h7-8,15H,3-6,9H2,1-2H3. The molecule has 0 saturated carbocycles. The van der Waals surface area contributed by atoms with Crippen molar-refractivity contribution < 1.29 is 4.39 Å². The molecule has 0 bridgehead atoms. The van der Waals surface area contributed by atoms with Crippen molar-refractivity contribution in [3.63, 3.8) is 0 Å². The van der Waals surface area contributed by atoms with Gasteiger partial charge in [0.1, 0.15) is 5.82 Å². The zero-order valence-corrected chi connectivity index (χ0v) is 10.0. The first-order valence-corrected chi connectivity index (χ1v) is 5.85. The third-order valence-corrected chi connectivity index (χ3v) is 3.15. The molecule has 16 heavy (non-hydrogen) atoms. The monoisotopic (exact) mass is 222 g/mol. The summed E-state index contributed by atoms with van der Waals surface area (Å²) in [6.07, 6.45) is 0. The van der Waals surface area contributed by atoms with Crippen LogP contribution in [0.15, 0.2) is 12.1 Å². The molecule has 1 heterocycles. The second kappa shape index (κ2) is 4.93. The number of hydrogen-bond acceptors (Lipinski definition) is 2. The summed E-state index contributed by atoms with van der Waals surface area (Å²) in [7, 11) is 0. The highest BCUT2D eigenvalue weighted by atomic mass is 19.1. The lowest BCUT2D eigenvalue weighted by Gasteiger charge is -2.28. The molecule has 0 spiro atoms. The first-order valence-electron chi connectivity index (χ1n) is 5.85. The third-order valence-electron chi connectivity index (χ3n) is 3.15. The maximum atomic E-state index is 13.8. The number of rotatable bonds is 2. The summed E-state index contributed by atoms with van der Waals surface area (Å²) >= 11 is 0. The van der Waals surface area contributed by atoms with Crippen LogP contribution in [-0.4, -0.2) is 31.1 Å². The van der Waals surface area contributed by atoms with Crippen LogP contribution in [0.3, 0.4) is 0 Å². The van der Waals surface area contributed by atoms with Crippen LogP contribution < -0.4 is 5.32 Å². The molecule has 1 N–H and O–H groups in total. The third kappa shape index (κ3) is 2.60. The van der Waals surface area contributed by atoms with Crippen LogP contribution in [0, 0.1) is 19.7 Å². The fourth-order valence-electron chi connectivity index (χ4n) is 2.24. The lowest BCUT2D eigenvalue weighted by molar-refractivity contribution is 0.230. The van der Waals surface area contributed by atoms with Crippen LogP contribution in [0.4, 0.5) is 4.39 Å². The molecule has 0 aromatic heterocycles. The molecule has 1 aliphatic rings. The Kier molecular flexibility index (Phi) is 3.56. The highest BCUT2D eigenvalue weighted by Gasteiger charge is 2.14. The summed E-state index contributed by atoms with van der Waals surface area (Å²) in [5.74, 6) is -0.0592. The highest BCUT2D eigenvalue weighted by Crippen LogP contribution is 2.17. The quantitative estimate of drug-likeness (QED) is 0.821. The summed E-state index contributed by atoms with van der Waals surface area (Å²) < 4.78 is 13.8. The van der Waals surface area contributed by atoms with E-state index in [9.17, 15) is 4.39 Å². The molecule has 1 aromatic rings. The van der Waals surface area contributed by atoms with E-state index in [2.05, 4.69) is 16.3 Å². The minimum Gasteiger partial charge on any atom is -0.314 e. The van der Waals surface area contributed by atoms with Crippen molar-refractivity contribution >= 4 is 0 Å². The molecule has 1 saturated heterocycles. The van der Waals surface area contributed by atoms with E-state index in [0.29, 0.717) is 0 Å². The number of hydrogen-bond donors (Lipinski definition) is 1. The van der Waals surface area contributed by atoms with Crippen molar-refractivity contribution in [2.24, 2.45) is 0 Å². The van der Waals surface area contributed by atoms with E-state index >= 15 is 0 Å². The molecule has 1 aliphatic heterocycles. The average Bonchev–Trinajstić information content (AvgIpc) is 2.25. The Morgan fingerprint density at radius 3 is 2.56 bits per heavy atom. The Hall–Kier alpha value is -0.930. The Balaban J connectivity index is 2.14. The van der Waals surface area contributed by atoms with Gasteiger partial charge in [0, 0.05) is 38.3 Å². The van der Waals surface area contributed by atoms with Gasteiger partial charge in [-0.2, -0.15) is 0 Å². The van der Waals surface area contributed by atoms with Crippen LogP contribution in [-0.2, 0) is 6.54 Å². The van der Waals surface area contributed by atoms with Gasteiger partial charge in [-0.25, -0.2) is 4.39 Å². The zero-order valence-electron chi connectivity index (χ0n) is 10.0. The number of nitrogens with one attached hydrogen (secondary N) is 1. The number of aryl methyl sites for hydroxylation is 2. The summed E-state index contributed by atoms with van der Waals surface area (Å²) in [5.41, 5.74) is 2.92. The largest absolute Gasteiger partial charge is 0.314 e. The fourth-order valence-corrected chi connectivity index (χ4v) is 2.24. The molecule has 88 valence electrons. The summed E-state index contributed by atoms with van der Waals surface area (Å²) in [4.78, 5) is 2.30. The maximum Gasteiger partial charge on any atom is 0.128 e. The first kappa shape index (κ1) is 11.6. The SMILES string of the molecule is Cc1cc(C)c(CN2CCNCC2)c(F)c1. The summed E-state index contributed by atoms with van der Waals surface area (Å²) in [6, 6.07) is 3.69. The van der Waals surface area contributed by atoms with Gasteiger partial charge in [0.2, 0.25) is 0 Å². The van der Waals surface area contributed by atoms with Gasteiger partial charge in [-0.1, -0.05) is 6.07 Å². The lowest BCUT2D eigenvalue weighted by atomic mass is 10.0. The topological polar surface area (TPSA) is 15.3 Å². The van der Waals surface area contributed by atoms with Crippen molar-refractivity contribution in [1.82, 2.24) is 10.2 Å². The van der Waals surface area contributed by atoms with Crippen LogP contribution in [0.2, 0.25) is 0 Å². The second-order valence-corrected chi connectivity index (χ2v) is 4.57. The van der Waals surface area contributed by atoms with Crippen molar-refractivity contribution in [3.8, 4) is 0 Å². The molecule has 1 aromatic carbocycles. The normalized spacial score (nSPS) is 17.7. The van der Waals surface area contributed by atoms with Gasteiger partial charge in [0.05, 0.1) is 0 Å². The van der Waals surface area contributed by atoms with Gasteiger partial charge in [-0.15, -0.1) is 0 Å². The average molecular weight is 222 g/mol. The first-order chi connectivity index (χ1) is 7.66. The number of halogens is 1. The Morgan fingerprint density at radius 1 is 1.25 bits per heavy atom.